The van der Waals surface area contributed by atoms with Crippen LogP contribution in [0.25, 0.3) is 0 Å². The number of ether oxygens (including phenoxy) is 2. The molecule has 2 rings (SSSR count). The van der Waals surface area contributed by atoms with E-state index in [1.165, 1.54) is 12.8 Å². The van der Waals surface area contributed by atoms with Crippen molar-refractivity contribution in [3.05, 3.63) is 35.4 Å². The van der Waals surface area contributed by atoms with E-state index in [1.54, 1.807) is 18.2 Å². The number of carboxylic acids is 1. The molecule has 1 aliphatic rings. The van der Waals surface area contributed by atoms with Gasteiger partial charge in [-0.05, 0) is 18.1 Å². The molecule has 4 heteroatoms. The van der Waals surface area contributed by atoms with E-state index < -0.39 is 5.97 Å². The van der Waals surface area contributed by atoms with Crippen molar-refractivity contribution in [1.29, 1.82) is 0 Å². The van der Waals surface area contributed by atoms with Gasteiger partial charge in [0.25, 0.3) is 0 Å². The lowest BCUT2D eigenvalue weighted by atomic mass is 10.0. The van der Waals surface area contributed by atoms with Crippen LogP contribution < -0.4 is 0 Å². The standard InChI is InChI=1S/C16H22O4/c1-2-3-4-7-12-10-20-15(11-19-12)13-8-5-6-9-14(13)16(17)18/h5-6,8-9,12,15H,2-4,7,10-11H2,1H3,(H,17,18)/t12-,15-/m0/s1. The molecule has 4 nitrogen and oxygen atoms in total. The number of unbranched alkanes of at least 4 members (excludes halogenated alkanes) is 2. The van der Waals surface area contributed by atoms with E-state index in [0.717, 1.165) is 12.8 Å². The lowest BCUT2D eigenvalue weighted by molar-refractivity contribution is -0.137. The first-order valence-corrected chi connectivity index (χ1v) is 7.27. The molecule has 0 amide bonds. The molecule has 1 aromatic rings. The number of rotatable bonds is 6. The van der Waals surface area contributed by atoms with Gasteiger partial charge in [-0.3, -0.25) is 0 Å². The number of carbonyl (C=O) groups is 1. The molecule has 1 fully saturated rings. The second-order valence-corrected chi connectivity index (χ2v) is 5.17. The maximum absolute atomic E-state index is 11.2. The third-order valence-electron chi connectivity index (χ3n) is 3.63. The molecule has 110 valence electrons. The molecule has 1 aliphatic heterocycles. The minimum absolute atomic E-state index is 0.148. The molecule has 1 saturated heterocycles. The molecular formula is C16H22O4. The first kappa shape index (κ1) is 15.0. The summed E-state index contributed by atoms with van der Waals surface area (Å²) < 4.78 is 11.6. The maximum atomic E-state index is 11.2. The Bertz CT molecular complexity index is 436. The van der Waals surface area contributed by atoms with E-state index in [9.17, 15) is 9.90 Å². The van der Waals surface area contributed by atoms with Crippen molar-refractivity contribution < 1.29 is 19.4 Å². The van der Waals surface area contributed by atoms with Crippen molar-refractivity contribution in [3.8, 4) is 0 Å². The molecule has 0 aromatic heterocycles. The quantitative estimate of drug-likeness (QED) is 0.810. The van der Waals surface area contributed by atoms with Crippen LogP contribution in [-0.4, -0.2) is 30.4 Å². The molecule has 0 spiro atoms. The molecule has 1 aromatic carbocycles. The molecule has 0 bridgehead atoms. The minimum Gasteiger partial charge on any atom is -0.478 e. The van der Waals surface area contributed by atoms with E-state index in [-0.39, 0.29) is 12.2 Å². The molecule has 20 heavy (non-hydrogen) atoms. The fourth-order valence-electron chi connectivity index (χ4n) is 2.48. The normalized spacial score (nSPS) is 22.6. The molecule has 0 aliphatic carbocycles. The summed E-state index contributed by atoms with van der Waals surface area (Å²) in [5.74, 6) is -0.922. The highest BCUT2D eigenvalue weighted by molar-refractivity contribution is 5.89. The number of hydrogen-bond donors (Lipinski definition) is 1. The van der Waals surface area contributed by atoms with Crippen LogP contribution in [0.3, 0.4) is 0 Å². The van der Waals surface area contributed by atoms with Crippen molar-refractivity contribution in [2.75, 3.05) is 13.2 Å². The molecule has 0 unspecified atom stereocenters. The van der Waals surface area contributed by atoms with E-state index >= 15 is 0 Å². The van der Waals surface area contributed by atoms with Gasteiger partial charge in [0.15, 0.2) is 0 Å². The molecule has 2 atom stereocenters. The van der Waals surface area contributed by atoms with Crippen LogP contribution in [0.2, 0.25) is 0 Å². The van der Waals surface area contributed by atoms with Gasteiger partial charge < -0.3 is 14.6 Å². The van der Waals surface area contributed by atoms with E-state index in [4.69, 9.17) is 9.47 Å². The highest BCUT2D eigenvalue weighted by Gasteiger charge is 2.26. The highest BCUT2D eigenvalue weighted by Crippen LogP contribution is 2.27. The zero-order valence-electron chi connectivity index (χ0n) is 11.9. The van der Waals surface area contributed by atoms with Crippen LogP contribution in [0.15, 0.2) is 24.3 Å². The van der Waals surface area contributed by atoms with Crippen LogP contribution in [0.4, 0.5) is 0 Å². The van der Waals surface area contributed by atoms with Crippen molar-refractivity contribution in [1.82, 2.24) is 0 Å². The summed E-state index contributed by atoms with van der Waals surface area (Å²) in [5.41, 5.74) is 0.998. The Labute approximate surface area is 119 Å². The third kappa shape index (κ3) is 3.81. The molecular weight excluding hydrogens is 256 g/mol. The van der Waals surface area contributed by atoms with Crippen LogP contribution >= 0.6 is 0 Å². The van der Waals surface area contributed by atoms with Crippen LogP contribution in [0.1, 0.15) is 54.6 Å². The van der Waals surface area contributed by atoms with Gasteiger partial charge in [0.2, 0.25) is 0 Å². The predicted octanol–water partition coefficient (Wildman–Crippen LogP) is 3.42. The van der Waals surface area contributed by atoms with Gasteiger partial charge in [0.1, 0.15) is 6.10 Å². The van der Waals surface area contributed by atoms with Gasteiger partial charge >= 0.3 is 5.97 Å². The third-order valence-corrected chi connectivity index (χ3v) is 3.63. The van der Waals surface area contributed by atoms with Crippen LogP contribution in [-0.2, 0) is 9.47 Å². The minimum atomic E-state index is -0.922. The van der Waals surface area contributed by atoms with Gasteiger partial charge in [-0.15, -0.1) is 0 Å². The summed E-state index contributed by atoms with van der Waals surface area (Å²) in [6.45, 7) is 3.15. The summed E-state index contributed by atoms with van der Waals surface area (Å²) in [6, 6.07) is 6.96. The highest BCUT2D eigenvalue weighted by atomic mass is 16.6. The summed E-state index contributed by atoms with van der Waals surface area (Å²) in [4.78, 5) is 11.2. The lowest BCUT2D eigenvalue weighted by Gasteiger charge is -2.30. The van der Waals surface area contributed by atoms with Crippen LogP contribution in [0.5, 0.6) is 0 Å². The SMILES string of the molecule is CCCCC[C@H]1CO[C@H](c2ccccc2C(=O)O)CO1. The number of carboxylic acid groups (broad SMARTS) is 1. The fourth-order valence-corrected chi connectivity index (χ4v) is 2.48. The Morgan fingerprint density at radius 2 is 2.05 bits per heavy atom. The van der Waals surface area contributed by atoms with Gasteiger partial charge in [-0.2, -0.15) is 0 Å². The Morgan fingerprint density at radius 1 is 1.25 bits per heavy atom. The van der Waals surface area contributed by atoms with Gasteiger partial charge in [-0.1, -0.05) is 44.4 Å². The molecule has 0 radical (unpaired) electrons. The van der Waals surface area contributed by atoms with Crippen LogP contribution in [0, 0.1) is 0 Å². The maximum Gasteiger partial charge on any atom is 0.336 e. The summed E-state index contributed by atoms with van der Waals surface area (Å²) in [6.07, 6.45) is 4.45. The van der Waals surface area contributed by atoms with Crippen molar-refractivity contribution in [3.63, 3.8) is 0 Å². The number of benzene rings is 1. The topological polar surface area (TPSA) is 55.8 Å². The summed E-state index contributed by atoms with van der Waals surface area (Å²) in [7, 11) is 0. The van der Waals surface area contributed by atoms with Gasteiger partial charge in [-0.25, -0.2) is 4.79 Å². The molecule has 0 saturated carbocycles. The Hall–Kier alpha value is -1.39. The Balaban J connectivity index is 1.92. The first-order valence-electron chi connectivity index (χ1n) is 7.27. The number of hydrogen-bond acceptors (Lipinski definition) is 3. The summed E-state index contributed by atoms with van der Waals surface area (Å²) in [5, 5.41) is 9.20. The zero-order valence-corrected chi connectivity index (χ0v) is 11.9. The second kappa shape index (κ2) is 7.41. The largest absolute Gasteiger partial charge is 0.478 e. The average molecular weight is 278 g/mol. The van der Waals surface area contributed by atoms with Crippen molar-refractivity contribution in [2.45, 2.75) is 44.8 Å². The smallest absolute Gasteiger partial charge is 0.336 e. The number of aromatic carboxylic acids is 1. The molecule has 1 heterocycles. The lowest BCUT2D eigenvalue weighted by Crippen LogP contribution is -2.31. The first-order chi connectivity index (χ1) is 9.72. The van der Waals surface area contributed by atoms with Crippen molar-refractivity contribution in [2.24, 2.45) is 0 Å². The van der Waals surface area contributed by atoms with E-state index in [1.807, 2.05) is 6.07 Å². The Morgan fingerprint density at radius 3 is 2.70 bits per heavy atom. The summed E-state index contributed by atoms with van der Waals surface area (Å²) >= 11 is 0. The average Bonchev–Trinajstić information content (AvgIpc) is 2.48. The van der Waals surface area contributed by atoms with Crippen molar-refractivity contribution >= 4 is 5.97 Å². The Kier molecular flexibility index (Phi) is 5.56. The zero-order chi connectivity index (χ0) is 14.4. The predicted molar refractivity (Wildman–Crippen MR) is 76.0 cm³/mol. The fraction of sp³-hybridized carbons (Fsp3) is 0.562. The second-order valence-electron chi connectivity index (χ2n) is 5.17. The van der Waals surface area contributed by atoms with Gasteiger partial charge in [0.05, 0.1) is 24.9 Å². The van der Waals surface area contributed by atoms with E-state index in [2.05, 4.69) is 6.92 Å². The molecule has 1 N–H and O–H groups in total. The van der Waals surface area contributed by atoms with Gasteiger partial charge in [0, 0.05) is 0 Å². The monoisotopic (exact) mass is 278 g/mol. The van der Waals surface area contributed by atoms with E-state index in [0.29, 0.717) is 24.3 Å².